The van der Waals surface area contributed by atoms with Gasteiger partial charge in [0.1, 0.15) is 5.75 Å². The van der Waals surface area contributed by atoms with Crippen molar-refractivity contribution in [2.24, 2.45) is 0 Å². The van der Waals surface area contributed by atoms with Crippen LogP contribution in [0.5, 0.6) is 5.75 Å². The van der Waals surface area contributed by atoms with Crippen LogP contribution in [0.3, 0.4) is 0 Å². The molecule has 3 heteroatoms. The van der Waals surface area contributed by atoms with Gasteiger partial charge in [-0.1, -0.05) is 0 Å². The van der Waals surface area contributed by atoms with Crippen LogP contribution in [-0.2, 0) is 0 Å². The summed E-state index contributed by atoms with van der Waals surface area (Å²) in [7, 11) is 1.66. The van der Waals surface area contributed by atoms with E-state index in [0.29, 0.717) is 0 Å². The second-order valence-corrected chi connectivity index (χ2v) is 2.58. The van der Waals surface area contributed by atoms with Crippen molar-refractivity contribution >= 4 is 11.8 Å². The maximum atomic E-state index is 4.98. The number of hydrogen-bond donors (Lipinski definition) is 0. The molecule has 1 nitrogen and oxygen atoms in total. The van der Waals surface area contributed by atoms with Crippen LogP contribution < -0.4 is 23.6 Å². The first-order valence-electron chi connectivity index (χ1n) is 2.93. The third-order valence-electron chi connectivity index (χ3n) is 1.23. The van der Waals surface area contributed by atoms with Crippen LogP contribution >= 0.6 is 11.8 Å². The van der Waals surface area contributed by atoms with Crippen LogP contribution in [0, 0.1) is 6.26 Å². The summed E-state index contributed by atoms with van der Waals surface area (Å²) in [5, 5.41) is 0. The molecular formula is C8H9LiOS. The molecule has 0 amide bonds. The van der Waals surface area contributed by atoms with Gasteiger partial charge in [0.25, 0.3) is 0 Å². The van der Waals surface area contributed by atoms with E-state index < -0.39 is 0 Å². The monoisotopic (exact) mass is 160 g/mol. The van der Waals surface area contributed by atoms with Crippen molar-refractivity contribution in [2.45, 2.75) is 4.90 Å². The van der Waals surface area contributed by atoms with Crippen molar-refractivity contribution in [3.8, 4) is 5.75 Å². The zero-order valence-corrected chi connectivity index (χ0v) is 7.65. The first-order chi connectivity index (χ1) is 4.86. The molecule has 0 aromatic heterocycles. The predicted octanol–water partition coefficient (Wildman–Crippen LogP) is -0.417. The van der Waals surface area contributed by atoms with Gasteiger partial charge < -0.3 is 16.5 Å². The summed E-state index contributed by atoms with van der Waals surface area (Å²) in [6.45, 7) is 0. The third kappa shape index (κ3) is 3.24. The van der Waals surface area contributed by atoms with Gasteiger partial charge in [-0.05, 0) is 29.2 Å². The molecule has 11 heavy (non-hydrogen) atoms. The van der Waals surface area contributed by atoms with Crippen molar-refractivity contribution in [2.75, 3.05) is 7.11 Å². The van der Waals surface area contributed by atoms with E-state index >= 15 is 0 Å². The molecule has 1 rings (SSSR count). The molecule has 0 aliphatic carbocycles. The molecule has 0 spiro atoms. The molecule has 0 saturated heterocycles. The minimum Gasteiger partial charge on any atom is -0.497 e. The number of ether oxygens (including phenoxy) is 1. The second-order valence-electron chi connectivity index (χ2n) is 1.82. The van der Waals surface area contributed by atoms with Crippen LogP contribution in [0.2, 0.25) is 0 Å². The van der Waals surface area contributed by atoms with E-state index in [1.807, 2.05) is 24.3 Å². The molecule has 0 fully saturated rings. The Labute approximate surface area is 83.7 Å². The van der Waals surface area contributed by atoms with Gasteiger partial charge in [0.15, 0.2) is 0 Å². The third-order valence-corrected chi connectivity index (χ3v) is 1.83. The van der Waals surface area contributed by atoms with Crippen LogP contribution in [0.25, 0.3) is 0 Å². The van der Waals surface area contributed by atoms with E-state index in [-0.39, 0.29) is 18.9 Å². The molecule has 54 valence electrons. The largest absolute Gasteiger partial charge is 1.00 e. The van der Waals surface area contributed by atoms with E-state index in [1.165, 1.54) is 11.8 Å². The molecule has 1 aromatic rings. The summed E-state index contributed by atoms with van der Waals surface area (Å²) in [5.41, 5.74) is 0. The molecule has 0 aliphatic rings. The number of hydrogen-bond acceptors (Lipinski definition) is 2. The van der Waals surface area contributed by atoms with Crippen molar-refractivity contribution in [1.29, 1.82) is 0 Å². The van der Waals surface area contributed by atoms with Gasteiger partial charge in [-0.25, -0.2) is 0 Å². The van der Waals surface area contributed by atoms with Crippen molar-refractivity contribution in [3.63, 3.8) is 0 Å². The standard InChI is InChI=1S/C8H9OS.Li/c1-9-7-3-5-8(10-2)6-4-7;/h3-6H,2H2,1H3;/q-1;+1. The van der Waals surface area contributed by atoms with Gasteiger partial charge in [0.05, 0.1) is 7.11 Å². The average Bonchev–Trinajstić information content (AvgIpc) is 2.05. The summed E-state index contributed by atoms with van der Waals surface area (Å²) in [6, 6.07) is 7.81. The van der Waals surface area contributed by atoms with Crippen molar-refractivity contribution in [3.05, 3.63) is 30.5 Å². The van der Waals surface area contributed by atoms with Gasteiger partial charge in [-0.2, -0.15) is 0 Å². The van der Waals surface area contributed by atoms with Crippen LogP contribution in [0.1, 0.15) is 0 Å². The fraction of sp³-hybridized carbons (Fsp3) is 0.125. The normalized spacial score (nSPS) is 8.55. The Morgan fingerprint density at radius 3 is 2.18 bits per heavy atom. The van der Waals surface area contributed by atoms with E-state index in [2.05, 4.69) is 6.26 Å². The zero-order valence-electron chi connectivity index (χ0n) is 6.83. The molecule has 0 atom stereocenters. The minimum atomic E-state index is 0. The predicted molar refractivity (Wildman–Crippen MR) is 44.2 cm³/mol. The Hall–Kier alpha value is -0.0326. The van der Waals surface area contributed by atoms with E-state index in [4.69, 9.17) is 4.74 Å². The summed E-state index contributed by atoms with van der Waals surface area (Å²) in [4.78, 5) is 1.15. The quantitative estimate of drug-likeness (QED) is 0.330. The van der Waals surface area contributed by atoms with Crippen LogP contribution in [0.15, 0.2) is 29.2 Å². The number of rotatable bonds is 2. The summed E-state index contributed by atoms with van der Waals surface area (Å²) in [5.74, 6) is 0.887. The molecule has 0 N–H and O–H groups in total. The average molecular weight is 160 g/mol. The summed E-state index contributed by atoms with van der Waals surface area (Å²) in [6.07, 6.45) is 3.69. The Balaban J connectivity index is 0.000001000. The van der Waals surface area contributed by atoms with Gasteiger partial charge in [0.2, 0.25) is 0 Å². The van der Waals surface area contributed by atoms with Crippen LogP contribution in [0.4, 0.5) is 0 Å². The first-order valence-corrected chi connectivity index (χ1v) is 3.91. The molecule has 0 heterocycles. The van der Waals surface area contributed by atoms with Gasteiger partial charge >= 0.3 is 18.9 Å². The second kappa shape index (κ2) is 5.60. The molecule has 0 aliphatic heterocycles. The van der Waals surface area contributed by atoms with Gasteiger partial charge in [0, 0.05) is 0 Å². The summed E-state index contributed by atoms with van der Waals surface area (Å²) >= 11 is 1.48. The first kappa shape index (κ1) is 11.0. The number of benzene rings is 1. The summed E-state index contributed by atoms with van der Waals surface area (Å²) < 4.78 is 4.98. The minimum absolute atomic E-state index is 0. The SMILES string of the molecule is [CH2-]Sc1ccc(OC)cc1.[Li+]. The molecule has 0 radical (unpaired) electrons. The Morgan fingerprint density at radius 2 is 1.82 bits per heavy atom. The molecule has 0 saturated carbocycles. The fourth-order valence-electron chi connectivity index (χ4n) is 0.672. The molecule has 1 aromatic carbocycles. The maximum absolute atomic E-state index is 4.98. The van der Waals surface area contributed by atoms with Crippen molar-refractivity contribution in [1.82, 2.24) is 0 Å². The maximum Gasteiger partial charge on any atom is 1.00 e. The zero-order chi connectivity index (χ0) is 7.40. The number of thioether (sulfide) groups is 1. The van der Waals surface area contributed by atoms with E-state index in [1.54, 1.807) is 7.11 Å². The van der Waals surface area contributed by atoms with Crippen molar-refractivity contribution < 1.29 is 23.6 Å². The Morgan fingerprint density at radius 1 is 1.27 bits per heavy atom. The van der Waals surface area contributed by atoms with Crippen LogP contribution in [-0.4, -0.2) is 7.11 Å². The van der Waals surface area contributed by atoms with E-state index in [0.717, 1.165) is 10.6 Å². The van der Waals surface area contributed by atoms with E-state index in [9.17, 15) is 0 Å². The molecule has 0 unspecified atom stereocenters. The molecule has 0 bridgehead atoms. The smallest absolute Gasteiger partial charge is 0.497 e. The Kier molecular flexibility index (Phi) is 5.58. The topological polar surface area (TPSA) is 9.23 Å². The fourth-order valence-corrected chi connectivity index (χ4v) is 1.00. The van der Waals surface area contributed by atoms with Gasteiger partial charge in [-0.3, -0.25) is 6.26 Å². The van der Waals surface area contributed by atoms with Gasteiger partial charge in [-0.15, -0.1) is 0 Å². The number of methoxy groups -OCH3 is 1. The Bertz CT molecular complexity index is 175. The molecular weight excluding hydrogens is 151 g/mol.